The first-order valence-corrected chi connectivity index (χ1v) is 13.7. The highest BCUT2D eigenvalue weighted by Gasteiger charge is 2.27. The summed E-state index contributed by atoms with van der Waals surface area (Å²) in [5, 5.41) is 24.9. The standard InChI is InChI=1S/C22H24N6O6P2/c1-2-23-22-26-20(25-16-6-8-18(9-7-16)33-36(32,34-30)14-35-31)19-21(27-22)28(13-24-19)11-10-15-4-3-5-17(29)12-15/h3-9,12-13,29-30H,2,10-11,14H2,1H3,(H2,23,25,26,27). The van der Waals surface area contributed by atoms with Crippen molar-refractivity contribution in [1.82, 2.24) is 19.5 Å². The second kappa shape index (κ2) is 11.5. The summed E-state index contributed by atoms with van der Waals surface area (Å²) >= 11 is 0. The first kappa shape index (κ1) is 25.5. The van der Waals surface area contributed by atoms with Crippen LogP contribution in [0.2, 0.25) is 0 Å². The number of phenols is 1. The predicted molar refractivity (Wildman–Crippen MR) is 135 cm³/mol. The lowest BCUT2D eigenvalue weighted by Gasteiger charge is -2.14. The van der Waals surface area contributed by atoms with Gasteiger partial charge in [0.05, 0.1) is 6.33 Å². The fourth-order valence-electron chi connectivity index (χ4n) is 3.43. The molecule has 2 heterocycles. The third-order valence-corrected chi connectivity index (χ3v) is 7.65. The van der Waals surface area contributed by atoms with Crippen LogP contribution in [0, 0.1) is 0 Å². The fraction of sp³-hybridized carbons (Fsp3) is 0.227. The molecule has 188 valence electrons. The molecule has 2 aromatic heterocycles. The molecule has 0 aliphatic rings. The largest absolute Gasteiger partial charge is 0.508 e. The number of imidazole rings is 1. The molecule has 0 radical (unpaired) electrons. The number of benzene rings is 2. The van der Waals surface area contributed by atoms with Gasteiger partial charge < -0.3 is 24.8 Å². The van der Waals surface area contributed by atoms with Crippen LogP contribution >= 0.6 is 16.1 Å². The van der Waals surface area contributed by atoms with E-state index in [-0.39, 0.29) is 11.5 Å². The number of hydrogen-bond donors (Lipinski definition) is 4. The van der Waals surface area contributed by atoms with E-state index in [0.717, 1.165) is 5.56 Å². The monoisotopic (exact) mass is 530 g/mol. The number of anilines is 3. The number of nitrogens with zero attached hydrogens (tertiary/aromatic N) is 4. The Bertz CT molecular complexity index is 1400. The molecule has 0 amide bonds. The Labute approximate surface area is 208 Å². The van der Waals surface area contributed by atoms with E-state index in [4.69, 9.17) is 9.78 Å². The van der Waals surface area contributed by atoms with E-state index in [2.05, 4.69) is 30.3 Å². The smallest absolute Gasteiger partial charge is 0.417 e. The second-order valence-electron chi connectivity index (χ2n) is 7.66. The van der Waals surface area contributed by atoms with Gasteiger partial charge in [0, 0.05) is 18.8 Å². The predicted octanol–water partition coefficient (Wildman–Crippen LogP) is 5.26. The Hall–Kier alpha value is -3.56. The number of aromatic nitrogens is 4. The van der Waals surface area contributed by atoms with E-state index in [1.165, 1.54) is 12.1 Å². The van der Waals surface area contributed by atoms with Crippen LogP contribution in [0.1, 0.15) is 12.5 Å². The summed E-state index contributed by atoms with van der Waals surface area (Å²) in [6, 6.07) is 13.5. The number of aromatic hydroxyl groups is 1. The molecule has 12 nitrogen and oxygen atoms in total. The lowest BCUT2D eigenvalue weighted by Crippen LogP contribution is -2.07. The summed E-state index contributed by atoms with van der Waals surface area (Å²) in [6.45, 7) is 3.17. The maximum atomic E-state index is 12.2. The average molecular weight is 530 g/mol. The molecule has 0 saturated carbocycles. The molecule has 4 aromatic rings. The maximum absolute atomic E-state index is 12.2. The van der Waals surface area contributed by atoms with Crippen LogP contribution in [-0.2, 0) is 26.8 Å². The van der Waals surface area contributed by atoms with E-state index in [0.29, 0.717) is 48.1 Å². The van der Waals surface area contributed by atoms with Gasteiger partial charge in [0.1, 0.15) is 17.4 Å². The molecule has 0 aliphatic carbocycles. The van der Waals surface area contributed by atoms with Crippen molar-refractivity contribution in [3.63, 3.8) is 0 Å². The number of nitrogens with one attached hydrogen (secondary N) is 2. The third-order valence-electron chi connectivity index (χ3n) is 5.07. The summed E-state index contributed by atoms with van der Waals surface area (Å²) in [5.74, 6) is 0.821. The maximum Gasteiger partial charge on any atom is 0.417 e. The minimum atomic E-state index is -3.92. The topological polar surface area (TPSA) is 161 Å². The molecule has 36 heavy (non-hydrogen) atoms. The van der Waals surface area contributed by atoms with Gasteiger partial charge in [0.25, 0.3) is 0 Å². The first-order chi connectivity index (χ1) is 17.4. The molecule has 4 N–H and O–H groups in total. The molecular formula is C22H24N6O6P2. The van der Waals surface area contributed by atoms with E-state index < -0.39 is 22.0 Å². The van der Waals surface area contributed by atoms with E-state index in [1.807, 2.05) is 17.6 Å². The normalized spacial score (nSPS) is 12.9. The highest BCUT2D eigenvalue weighted by atomic mass is 31.2. The molecule has 2 aromatic carbocycles. The van der Waals surface area contributed by atoms with Crippen LogP contribution < -0.4 is 15.2 Å². The Morgan fingerprint density at radius 2 is 1.97 bits per heavy atom. The van der Waals surface area contributed by atoms with Crippen LogP contribution in [0.25, 0.3) is 11.2 Å². The Morgan fingerprint density at radius 1 is 1.17 bits per heavy atom. The quantitative estimate of drug-likeness (QED) is 0.107. The summed E-state index contributed by atoms with van der Waals surface area (Å²) in [4.78, 5) is 13.7. The van der Waals surface area contributed by atoms with Gasteiger partial charge in [-0.3, -0.25) is 4.57 Å². The molecule has 0 aliphatic heterocycles. The first-order valence-electron chi connectivity index (χ1n) is 11.0. The lowest BCUT2D eigenvalue weighted by atomic mass is 10.1. The van der Waals surface area contributed by atoms with Crippen LogP contribution in [-0.4, -0.2) is 42.3 Å². The van der Waals surface area contributed by atoms with Crippen LogP contribution in [0.5, 0.6) is 11.5 Å². The SMILES string of the molecule is CCNc1nc(Nc2ccc(OP(=O)(CP=O)OO)cc2)c2ncn(CCc3cccc(O)c3)c2n1. The third kappa shape index (κ3) is 6.16. The number of aryl methyl sites for hydroxylation is 2. The van der Waals surface area contributed by atoms with Crippen molar-refractivity contribution in [1.29, 1.82) is 0 Å². The highest BCUT2D eigenvalue weighted by Crippen LogP contribution is 2.49. The zero-order valence-corrected chi connectivity index (χ0v) is 21.0. The molecule has 14 heteroatoms. The Morgan fingerprint density at radius 3 is 2.67 bits per heavy atom. The summed E-state index contributed by atoms with van der Waals surface area (Å²) < 4.78 is 33.9. The van der Waals surface area contributed by atoms with E-state index in [1.54, 1.807) is 36.7 Å². The summed E-state index contributed by atoms with van der Waals surface area (Å²) in [5.41, 5.74) is 2.84. The Balaban J connectivity index is 1.57. The van der Waals surface area contributed by atoms with Gasteiger partial charge in [0.15, 0.2) is 25.4 Å². The van der Waals surface area contributed by atoms with Gasteiger partial charge in [-0.05, 0) is 55.3 Å². The molecule has 1 unspecified atom stereocenters. The number of phenolic OH excluding ortho intramolecular Hbond substituents is 1. The van der Waals surface area contributed by atoms with Crippen molar-refractivity contribution in [2.75, 3.05) is 23.1 Å². The van der Waals surface area contributed by atoms with Crippen LogP contribution in [0.4, 0.5) is 17.5 Å². The van der Waals surface area contributed by atoms with E-state index in [9.17, 15) is 14.2 Å². The van der Waals surface area contributed by atoms with Gasteiger partial charge in [0.2, 0.25) is 5.95 Å². The zero-order valence-electron chi connectivity index (χ0n) is 19.2. The van der Waals surface area contributed by atoms with Crippen molar-refractivity contribution in [2.45, 2.75) is 19.9 Å². The van der Waals surface area contributed by atoms with Crippen molar-refractivity contribution in [2.24, 2.45) is 0 Å². The van der Waals surface area contributed by atoms with Crippen LogP contribution in [0.15, 0.2) is 54.9 Å². The van der Waals surface area contributed by atoms with Crippen LogP contribution in [0.3, 0.4) is 0 Å². The second-order valence-corrected chi connectivity index (χ2v) is 10.6. The molecular weight excluding hydrogens is 506 g/mol. The number of hydrogen-bond acceptors (Lipinski definition) is 11. The summed E-state index contributed by atoms with van der Waals surface area (Å²) in [6.07, 6.45) is 2.37. The zero-order chi connectivity index (χ0) is 25.5. The van der Waals surface area contributed by atoms with Gasteiger partial charge >= 0.3 is 7.60 Å². The minimum absolute atomic E-state index is 0.166. The van der Waals surface area contributed by atoms with Gasteiger partial charge in [-0.2, -0.15) is 9.97 Å². The molecule has 0 saturated heterocycles. The minimum Gasteiger partial charge on any atom is -0.508 e. The number of rotatable bonds is 12. The highest BCUT2D eigenvalue weighted by molar-refractivity contribution is 7.62. The van der Waals surface area contributed by atoms with E-state index >= 15 is 0 Å². The van der Waals surface area contributed by atoms with Crippen molar-refractivity contribution in [3.05, 3.63) is 60.4 Å². The van der Waals surface area contributed by atoms with Crippen molar-refractivity contribution < 1.29 is 28.7 Å². The molecule has 0 fully saturated rings. The molecule has 0 spiro atoms. The lowest BCUT2D eigenvalue weighted by molar-refractivity contribution is -0.143. The van der Waals surface area contributed by atoms with Gasteiger partial charge in [-0.1, -0.05) is 12.1 Å². The Kier molecular flexibility index (Phi) is 8.12. The number of fused-ring (bicyclic) bond motifs is 1. The molecule has 4 rings (SSSR count). The fourth-order valence-corrected chi connectivity index (χ4v) is 4.91. The van der Waals surface area contributed by atoms with Crippen molar-refractivity contribution in [3.8, 4) is 11.5 Å². The average Bonchev–Trinajstić information content (AvgIpc) is 3.27. The van der Waals surface area contributed by atoms with Crippen molar-refractivity contribution >= 4 is 44.7 Å². The van der Waals surface area contributed by atoms with Gasteiger partial charge in [-0.15, -0.1) is 4.67 Å². The molecule has 1 atom stereocenters. The molecule has 0 bridgehead atoms. The summed E-state index contributed by atoms with van der Waals surface area (Å²) in [7, 11) is -4.40. The van der Waals surface area contributed by atoms with Gasteiger partial charge in [-0.25, -0.2) is 14.8 Å².